The van der Waals surface area contributed by atoms with Crippen molar-refractivity contribution in [3.05, 3.63) is 66.4 Å². The first kappa shape index (κ1) is 13.2. The zero-order valence-corrected chi connectivity index (χ0v) is 11.7. The topological polar surface area (TPSA) is 42.6 Å². The minimum Gasteiger partial charge on any atom is -0.491 e. The van der Waals surface area contributed by atoms with Gasteiger partial charge in [0.1, 0.15) is 12.4 Å². The normalized spacial score (nSPS) is 10.5. The predicted octanol–water partition coefficient (Wildman–Crippen LogP) is 2.95. The minimum atomic E-state index is 0.475. The molecule has 0 radical (unpaired) electrons. The molecule has 4 nitrogen and oxygen atoms in total. The number of ether oxygens (including phenoxy) is 2. The van der Waals surface area contributed by atoms with Gasteiger partial charge in [-0.05, 0) is 11.6 Å². The van der Waals surface area contributed by atoms with Gasteiger partial charge in [-0.1, -0.05) is 36.4 Å². The number of benzene rings is 2. The first-order valence-corrected chi connectivity index (χ1v) is 6.66. The third kappa shape index (κ3) is 2.74. The maximum absolute atomic E-state index is 9.97. The van der Waals surface area contributed by atoms with Crippen LogP contribution in [0.25, 0.3) is 10.9 Å². The summed E-state index contributed by atoms with van der Waals surface area (Å²) in [5, 5.41) is 10.8. The summed E-state index contributed by atoms with van der Waals surface area (Å²) in [7, 11) is 1.56. The molecule has 1 aromatic heterocycles. The van der Waals surface area contributed by atoms with E-state index in [0.717, 1.165) is 15.7 Å². The van der Waals surface area contributed by atoms with Gasteiger partial charge < -0.3 is 9.47 Å². The van der Waals surface area contributed by atoms with E-state index >= 15 is 0 Å². The Balaban J connectivity index is 1.96. The van der Waals surface area contributed by atoms with Gasteiger partial charge in [0.25, 0.3) is 11.7 Å². The van der Waals surface area contributed by atoms with Crippen LogP contribution in [0.5, 0.6) is 11.5 Å². The summed E-state index contributed by atoms with van der Waals surface area (Å²) in [4.78, 5) is 0. The Kier molecular flexibility index (Phi) is 3.60. The van der Waals surface area contributed by atoms with Gasteiger partial charge in [-0.2, -0.15) is 0 Å². The number of methoxy groups -OCH3 is 1. The number of hydrogen-bond donors (Lipinski definition) is 1. The summed E-state index contributed by atoms with van der Waals surface area (Å²) in [6.07, 6.45) is 1.52. The Hall–Kier alpha value is -2.75. The van der Waals surface area contributed by atoms with Crippen LogP contribution >= 0.6 is 0 Å². The van der Waals surface area contributed by atoms with Crippen molar-refractivity contribution in [1.82, 2.24) is 0 Å². The highest BCUT2D eigenvalue weighted by Crippen LogP contribution is 2.27. The molecule has 0 saturated carbocycles. The molecule has 0 aliphatic rings. The Morgan fingerprint density at radius 2 is 1.86 bits per heavy atom. The molecule has 21 heavy (non-hydrogen) atoms. The van der Waals surface area contributed by atoms with Crippen LogP contribution in [0.15, 0.2) is 60.8 Å². The van der Waals surface area contributed by atoms with E-state index in [0.29, 0.717) is 23.6 Å². The van der Waals surface area contributed by atoms with E-state index in [1.54, 1.807) is 7.11 Å². The second kappa shape index (κ2) is 5.71. The summed E-state index contributed by atoms with van der Waals surface area (Å²) >= 11 is 0. The molecule has 0 aliphatic heterocycles. The molecular weight excluding hydrogens is 266 g/mol. The number of nitrogens with zero attached hydrogens (tertiary/aromatic N) is 1. The molecule has 0 atom stereocenters. The third-order valence-electron chi connectivity index (χ3n) is 3.30. The molecule has 0 unspecified atom stereocenters. The van der Waals surface area contributed by atoms with Crippen molar-refractivity contribution in [1.29, 1.82) is 0 Å². The Bertz CT molecular complexity index is 757. The number of hydrogen-bond acceptors (Lipinski definition) is 3. The molecule has 1 heterocycles. The van der Waals surface area contributed by atoms with Crippen LogP contribution in [-0.4, -0.2) is 12.3 Å². The van der Waals surface area contributed by atoms with Gasteiger partial charge in [-0.25, -0.2) is 0 Å². The van der Waals surface area contributed by atoms with Crippen LogP contribution in [-0.2, 0) is 6.61 Å². The predicted molar refractivity (Wildman–Crippen MR) is 78.7 cm³/mol. The largest absolute Gasteiger partial charge is 0.491 e. The average molecular weight is 282 g/mol. The van der Waals surface area contributed by atoms with Crippen LogP contribution in [0.2, 0.25) is 0 Å². The highest BCUT2D eigenvalue weighted by molar-refractivity contribution is 5.83. The fourth-order valence-electron chi connectivity index (χ4n) is 2.22. The zero-order valence-electron chi connectivity index (χ0n) is 11.7. The number of rotatable bonds is 4. The van der Waals surface area contributed by atoms with Crippen molar-refractivity contribution >= 4 is 10.9 Å². The SMILES string of the molecule is COc1cc2c(OCc3ccccc3)cccc2[n+](O)c1. The van der Waals surface area contributed by atoms with Gasteiger partial charge in [-0.3, -0.25) is 5.21 Å². The minimum absolute atomic E-state index is 0.475. The highest BCUT2D eigenvalue weighted by Gasteiger charge is 2.15. The van der Waals surface area contributed by atoms with Crippen molar-refractivity contribution in [2.24, 2.45) is 0 Å². The van der Waals surface area contributed by atoms with Crippen molar-refractivity contribution < 1.29 is 19.4 Å². The van der Waals surface area contributed by atoms with Gasteiger partial charge >= 0.3 is 0 Å². The van der Waals surface area contributed by atoms with Crippen molar-refractivity contribution in [3.63, 3.8) is 0 Å². The second-order valence-electron chi connectivity index (χ2n) is 4.69. The number of pyridine rings is 1. The standard InChI is InChI=1S/C17H16NO3/c1-20-14-10-15-16(18(19)11-14)8-5-9-17(15)21-12-13-6-3-2-4-7-13/h2-11,19H,12H2,1H3/q+1. The van der Waals surface area contributed by atoms with Crippen LogP contribution in [0.1, 0.15) is 5.56 Å². The van der Waals surface area contributed by atoms with E-state index in [9.17, 15) is 5.21 Å². The van der Waals surface area contributed by atoms with Gasteiger partial charge in [0.2, 0.25) is 0 Å². The fraction of sp³-hybridized carbons (Fsp3) is 0.118. The molecule has 106 valence electrons. The maximum Gasteiger partial charge on any atom is 0.268 e. The van der Waals surface area contributed by atoms with Crippen molar-refractivity contribution in [2.75, 3.05) is 7.11 Å². The molecule has 3 rings (SSSR count). The molecule has 0 saturated heterocycles. The van der Waals surface area contributed by atoms with Gasteiger partial charge in [0.15, 0.2) is 5.75 Å². The maximum atomic E-state index is 9.97. The quantitative estimate of drug-likeness (QED) is 0.591. The van der Waals surface area contributed by atoms with Crippen LogP contribution < -0.4 is 14.2 Å². The molecule has 3 aromatic rings. The van der Waals surface area contributed by atoms with Crippen LogP contribution in [0.3, 0.4) is 0 Å². The highest BCUT2D eigenvalue weighted by atomic mass is 16.5. The summed E-state index contributed by atoms with van der Waals surface area (Å²) in [6, 6.07) is 17.4. The Morgan fingerprint density at radius 1 is 1.05 bits per heavy atom. The lowest BCUT2D eigenvalue weighted by molar-refractivity contribution is -0.884. The van der Waals surface area contributed by atoms with E-state index in [1.807, 2.05) is 54.6 Å². The Morgan fingerprint density at radius 3 is 2.62 bits per heavy atom. The molecule has 0 spiro atoms. The van der Waals surface area contributed by atoms with E-state index < -0.39 is 0 Å². The lowest BCUT2D eigenvalue weighted by Gasteiger charge is -2.08. The lowest BCUT2D eigenvalue weighted by atomic mass is 10.2. The molecule has 1 N–H and O–H groups in total. The lowest BCUT2D eigenvalue weighted by Crippen LogP contribution is -2.30. The zero-order chi connectivity index (χ0) is 14.7. The average Bonchev–Trinajstić information content (AvgIpc) is 2.54. The summed E-state index contributed by atoms with van der Waals surface area (Å²) < 4.78 is 12.1. The summed E-state index contributed by atoms with van der Waals surface area (Å²) in [5.41, 5.74) is 1.76. The molecule has 0 bridgehead atoms. The van der Waals surface area contributed by atoms with Crippen molar-refractivity contribution in [2.45, 2.75) is 6.61 Å². The molecule has 2 aromatic carbocycles. The Labute approximate surface area is 122 Å². The molecule has 0 aliphatic carbocycles. The van der Waals surface area contributed by atoms with Crippen molar-refractivity contribution in [3.8, 4) is 11.5 Å². The van der Waals surface area contributed by atoms with Crippen LogP contribution in [0, 0.1) is 0 Å². The third-order valence-corrected chi connectivity index (χ3v) is 3.30. The molecule has 0 fully saturated rings. The molecule has 0 amide bonds. The van der Waals surface area contributed by atoms with Gasteiger partial charge in [-0.15, -0.1) is 0 Å². The molecule has 4 heteroatoms. The first-order valence-electron chi connectivity index (χ1n) is 6.66. The fourth-order valence-corrected chi connectivity index (χ4v) is 2.22. The molecular formula is C17H16NO3+. The van der Waals surface area contributed by atoms with Crippen LogP contribution in [0.4, 0.5) is 0 Å². The summed E-state index contributed by atoms with van der Waals surface area (Å²) in [5.74, 6) is 1.28. The second-order valence-corrected chi connectivity index (χ2v) is 4.69. The summed E-state index contributed by atoms with van der Waals surface area (Å²) in [6.45, 7) is 0.475. The van der Waals surface area contributed by atoms with Gasteiger partial charge in [0.05, 0.1) is 12.5 Å². The number of fused-ring (bicyclic) bond motifs is 1. The first-order chi connectivity index (χ1) is 10.3. The number of aromatic nitrogens is 1. The van der Waals surface area contributed by atoms with Gasteiger partial charge in [0, 0.05) is 16.9 Å². The van der Waals surface area contributed by atoms with E-state index in [4.69, 9.17) is 9.47 Å². The smallest absolute Gasteiger partial charge is 0.268 e. The van der Waals surface area contributed by atoms with E-state index in [2.05, 4.69) is 0 Å². The monoisotopic (exact) mass is 282 g/mol. The van der Waals surface area contributed by atoms with E-state index in [1.165, 1.54) is 6.20 Å². The van der Waals surface area contributed by atoms with E-state index in [-0.39, 0.29) is 0 Å².